The van der Waals surface area contributed by atoms with E-state index in [1.807, 2.05) is 0 Å². The van der Waals surface area contributed by atoms with Gasteiger partial charge in [-0.25, -0.2) is 8.78 Å². The van der Waals surface area contributed by atoms with Crippen molar-refractivity contribution in [3.05, 3.63) is 48.0 Å². The van der Waals surface area contributed by atoms with Crippen LogP contribution in [-0.2, 0) is 0 Å². The summed E-state index contributed by atoms with van der Waals surface area (Å²) >= 11 is 0. The van der Waals surface area contributed by atoms with Gasteiger partial charge in [0.2, 0.25) is 0 Å². The summed E-state index contributed by atoms with van der Waals surface area (Å²) in [6.45, 7) is 0. The van der Waals surface area contributed by atoms with E-state index in [9.17, 15) is 22.0 Å². The number of methoxy groups -OCH3 is 1. The standard InChI is InChI=1S/C15H11F5O2/c1-21-13-6-5-10(14(16)17)8-12(13)9-3-2-4-11(7-9)22-15(18,19)20/h2-8,14H,1H3. The summed E-state index contributed by atoms with van der Waals surface area (Å²) in [5.41, 5.74) is 0.284. The van der Waals surface area contributed by atoms with Gasteiger partial charge in [-0.15, -0.1) is 13.2 Å². The number of ether oxygens (including phenoxy) is 2. The first-order chi connectivity index (χ1) is 10.3. The van der Waals surface area contributed by atoms with Crippen molar-refractivity contribution in [1.29, 1.82) is 0 Å². The second-order valence-electron chi connectivity index (χ2n) is 4.34. The van der Waals surface area contributed by atoms with E-state index in [4.69, 9.17) is 4.74 Å². The Labute approximate surface area is 123 Å². The molecule has 0 aliphatic carbocycles. The number of hydrogen-bond donors (Lipinski definition) is 0. The summed E-state index contributed by atoms with van der Waals surface area (Å²) in [6, 6.07) is 8.77. The molecule has 0 spiro atoms. The van der Waals surface area contributed by atoms with Crippen molar-refractivity contribution in [2.24, 2.45) is 0 Å². The first-order valence-electron chi connectivity index (χ1n) is 6.12. The largest absolute Gasteiger partial charge is 0.573 e. The Bertz CT molecular complexity index is 653. The van der Waals surface area contributed by atoms with Crippen LogP contribution in [0, 0.1) is 0 Å². The van der Waals surface area contributed by atoms with Crippen LogP contribution in [0.5, 0.6) is 11.5 Å². The van der Waals surface area contributed by atoms with Gasteiger partial charge in [0, 0.05) is 11.1 Å². The molecule has 2 aromatic carbocycles. The fourth-order valence-electron chi connectivity index (χ4n) is 1.95. The average Bonchev–Trinajstić information content (AvgIpc) is 2.45. The number of hydrogen-bond acceptors (Lipinski definition) is 2. The third-order valence-corrected chi connectivity index (χ3v) is 2.85. The molecule has 22 heavy (non-hydrogen) atoms. The molecule has 0 saturated carbocycles. The van der Waals surface area contributed by atoms with Gasteiger partial charge in [0.15, 0.2) is 0 Å². The zero-order valence-corrected chi connectivity index (χ0v) is 11.3. The van der Waals surface area contributed by atoms with Gasteiger partial charge in [-0.3, -0.25) is 0 Å². The molecule has 2 nitrogen and oxygen atoms in total. The molecule has 2 aromatic rings. The number of alkyl halides is 5. The summed E-state index contributed by atoms with van der Waals surface area (Å²) in [5.74, 6) is -0.164. The highest BCUT2D eigenvalue weighted by Crippen LogP contribution is 2.36. The third-order valence-electron chi connectivity index (χ3n) is 2.85. The van der Waals surface area contributed by atoms with Gasteiger partial charge in [0.1, 0.15) is 11.5 Å². The van der Waals surface area contributed by atoms with E-state index >= 15 is 0 Å². The van der Waals surface area contributed by atoms with Crippen molar-refractivity contribution in [3.8, 4) is 22.6 Å². The van der Waals surface area contributed by atoms with E-state index in [0.29, 0.717) is 0 Å². The summed E-state index contributed by atoms with van der Waals surface area (Å²) in [6.07, 6.45) is -7.52. The first-order valence-corrected chi connectivity index (χ1v) is 6.12. The van der Waals surface area contributed by atoms with E-state index in [2.05, 4.69) is 4.74 Å². The summed E-state index contributed by atoms with van der Waals surface area (Å²) in [5, 5.41) is 0. The fraction of sp³-hybridized carbons (Fsp3) is 0.200. The molecule has 0 N–H and O–H groups in total. The van der Waals surface area contributed by atoms with Crippen LogP contribution < -0.4 is 9.47 Å². The van der Waals surface area contributed by atoms with Crippen LogP contribution in [0.15, 0.2) is 42.5 Å². The minimum Gasteiger partial charge on any atom is -0.496 e. The number of halogens is 5. The lowest BCUT2D eigenvalue weighted by atomic mass is 10.0. The molecule has 0 heterocycles. The normalized spacial score (nSPS) is 11.6. The van der Waals surface area contributed by atoms with Crippen molar-refractivity contribution in [2.75, 3.05) is 7.11 Å². The molecule has 0 aromatic heterocycles. The van der Waals surface area contributed by atoms with Crippen molar-refractivity contribution >= 4 is 0 Å². The highest BCUT2D eigenvalue weighted by atomic mass is 19.4. The molecule has 118 valence electrons. The Morgan fingerprint density at radius 3 is 2.32 bits per heavy atom. The molecule has 0 aliphatic rings. The van der Waals surface area contributed by atoms with E-state index in [1.54, 1.807) is 0 Å². The minimum absolute atomic E-state index is 0.252. The molecule has 0 saturated heterocycles. The maximum absolute atomic E-state index is 12.8. The highest BCUT2D eigenvalue weighted by molar-refractivity contribution is 5.72. The molecule has 0 fully saturated rings. The summed E-state index contributed by atoms with van der Waals surface area (Å²) in [4.78, 5) is 0. The lowest BCUT2D eigenvalue weighted by Crippen LogP contribution is -2.17. The Morgan fingerprint density at radius 2 is 1.73 bits per heavy atom. The van der Waals surface area contributed by atoms with Gasteiger partial charge in [-0.2, -0.15) is 0 Å². The SMILES string of the molecule is COc1ccc(C(F)F)cc1-c1cccc(OC(F)(F)F)c1. The van der Waals surface area contributed by atoms with Gasteiger partial charge < -0.3 is 9.47 Å². The van der Waals surface area contributed by atoms with Crippen LogP contribution in [0.1, 0.15) is 12.0 Å². The van der Waals surface area contributed by atoms with Crippen molar-refractivity contribution in [2.45, 2.75) is 12.8 Å². The molecule has 0 radical (unpaired) electrons. The predicted octanol–water partition coefficient (Wildman–Crippen LogP) is 5.20. The second-order valence-corrected chi connectivity index (χ2v) is 4.34. The Balaban J connectivity index is 2.46. The van der Waals surface area contributed by atoms with Crippen molar-refractivity contribution < 1.29 is 31.4 Å². The summed E-state index contributed by atoms with van der Waals surface area (Å²) < 4.78 is 71.2. The second kappa shape index (κ2) is 6.21. The molecule has 0 aliphatic heterocycles. The van der Waals surface area contributed by atoms with E-state index in [1.165, 1.54) is 37.4 Å². The smallest absolute Gasteiger partial charge is 0.496 e. The quantitative estimate of drug-likeness (QED) is 0.722. The zero-order valence-electron chi connectivity index (χ0n) is 11.3. The van der Waals surface area contributed by atoms with Gasteiger partial charge in [0.05, 0.1) is 7.11 Å². The topological polar surface area (TPSA) is 18.5 Å². The maximum Gasteiger partial charge on any atom is 0.573 e. The third kappa shape index (κ3) is 3.87. The maximum atomic E-state index is 12.8. The van der Waals surface area contributed by atoms with Gasteiger partial charge >= 0.3 is 6.36 Å². The van der Waals surface area contributed by atoms with E-state index < -0.39 is 18.5 Å². The van der Waals surface area contributed by atoms with Gasteiger partial charge in [-0.05, 0) is 35.9 Å². The fourth-order valence-corrected chi connectivity index (χ4v) is 1.95. The van der Waals surface area contributed by atoms with Crippen LogP contribution >= 0.6 is 0 Å². The van der Waals surface area contributed by atoms with Crippen LogP contribution in [0.25, 0.3) is 11.1 Å². The van der Waals surface area contributed by atoms with Gasteiger partial charge in [-0.1, -0.05) is 12.1 Å². The van der Waals surface area contributed by atoms with Crippen molar-refractivity contribution in [3.63, 3.8) is 0 Å². The molecule has 7 heteroatoms. The average molecular weight is 318 g/mol. The predicted molar refractivity (Wildman–Crippen MR) is 70.1 cm³/mol. The van der Waals surface area contributed by atoms with Crippen LogP contribution in [-0.4, -0.2) is 13.5 Å². The minimum atomic E-state index is -4.83. The highest BCUT2D eigenvalue weighted by Gasteiger charge is 2.31. The van der Waals surface area contributed by atoms with Crippen molar-refractivity contribution in [1.82, 2.24) is 0 Å². The van der Waals surface area contributed by atoms with E-state index in [-0.39, 0.29) is 22.4 Å². The Morgan fingerprint density at radius 1 is 1.00 bits per heavy atom. The molecule has 0 unspecified atom stereocenters. The summed E-state index contributed by atoms with van der Waals surface area (Å²) in [7, 11) is 1.34. The Hall–Kier alpha value is -2.31. The first kappa shape index (κ1) is 16.1. The van der Waals surface area contributed by atoms with Crippen LogP contribution in [0.4, 0.5) is 22.0 Å². The molecule has 2 rings (SSSR count). The van der Waals surface area contributed by atoms with Crippen LogP contribution in [0.3, 0.4) is 0 Å². The lowest BCUT2D eigenvalue weighted by Gasteiger charge is -2.13. The number of benzene rings is 2. The van der Waals surface area contributed by atoms with E-state index in [0.717, 1.165) is 12.1 Å². The molecular weight excluding hydrogens is 307 g/mol. The van der Waals surface area contributed by atoms with Crippen LogP contribution in [0.2, 0.25) is 0 Å². The zero-order chi connectivity index (χ0) is 16.3. The monoisotopic (exact) mass is 318 g/mol. The molecule has 0 amide bonds. The molecular formula is C15H11F5O2. The van der Waals surface area contributed by atoms with Gasteiger partial charge in [0.25, 0.3) is 6.43 Å². The number of rotatable bonds is 4. The lowest BCUT2D eigenvalue weighted by molar-refractivity contribution is -0.274. The molecule has 0 atom stereocenters. The Kier molecular flexibility index (Phi) is 4.54. The molecule has 0 bridgehead atoms.